The van der Waals surface area contributed by atoms with Crippen LogP contribution in [0.25, 0.3) is 0 Å². The molecule has 1 saturated carbocycles. The van der Waals surface area contributed by atoms with E-state index in [0.29, 0.717) is 25.8 Å². The molecule has 1 saturated heterocycles. The number of ether oxygens (including phenoxy) is 1. The summed E-state index contributed by atoms with van der Waals surface area (Å²) in [5.74, 6) is -1.61. The van der Waals surface area contributed by atoms with Gasteiger partial charge in [0.2, 0.25) is 17.7 Å². The lowest BCUT2D eigenvalue weighted by Gasteiger charge is -2.26. The third kappa shape index (κ3) is 4.78. The Balaban J connectivity index is 1.93. The first-order valence-electron chi connectivity index (χ1n) is 9.01. The number of primary amides is 1. The molecule has 0 radical (unpaired) electrons. The molecular formula is C18H28N4O5. The highest BCUT2D eigenvalue weighted by Crippen LogP contribution is 2.44. The first kappa shape index (κ1) is 20.7. The van der Waals surface area contributed by atoms with E-state index < -0.39 is 35.1 Å². The summed E-state index contributed by atoms with van der Waals surface area (Å²) in [4.78, 5) is 49.9. The van der Waals surface area contributed by atoms with Crippen molar-refractivity contribution in [2.24, 2.45) is 11.7 Å². The van der Waals surface area contributed by atoms with E-state index in [9.17, 15) is 19.2 Å². The molecule has 9 nitrogen and oxygen atoms in total. The second-order valence-corrected chi connectivity index (χ2v) is 7.97. The number of hydrogen-bond acceptors (Lipinski definition) is 5. The number of carbonyl (C=O) groups excluding carboxylic acids is 4. The number of carbonyl (C=O) groups is 4. The van der Waals surface area contributed by atoms with Gasteiger partial charge in [0.05, 0.1) is 0 Å². The number of nitrogens with two attached hydrogens (primary N) is 1. The molecule has 1 heterocycles. The van der Waals surface area contributed by atoms with Crippen molar-refractivity contribution in [1.29, 1.82) is 0 Å². The van der Waals surface area contributed by atoms with Crippen LogP contribution in [0.15, 0.2) is 12.7 Å². The molecule has 0 bridgehead atoms. The molecule has 2 aliphatic rings. The number of amides is 4. The average Bonchev–Trinajstić information content (AvgIpc) is 3.04. The predicted octanol–water partition coefficient (Wildman–Crippen LogP) is 0.0483. The minimum absolute atomic E-state index is 0.196. The number of nitrogens with zero attached hydrogens (tertiary/aromatic N) is 1. The van der Waals surface area contributed by atoms with Crippen molar-refractivity contribution in [3.05, 3.63) is 12.7 Å². The molecule has 2 rings (SSSR count). The van der Waals surface area contributed by atoms with Gasteiger partial charge in [-0.25, -0.2) is 4.79 Å². The van der Waals surface area contributed by atoms with Crippen LogP contribution >= 0.6 is 0 Å². The minimum Gasteiger partial charge on any atom is -0.444 e. The predicted molar refractivity (Wildman–Crippen MR) is 97.3 cm³/mol. The second-order valence-electron chi connectivity index (χ2n) is 7.97. The van der Waals surface area contributed by atoms with Crippen molar-refractivity contribution in [2.45, 2.75) is 57.2 Å². The molecule has 0 aromatic heterocycles. The minimum atomic E-state index is -1.11. The van der Waals surface area contributed by atoms with E-state index in [-0.39, 0.29) is 18.4 Å². The van der Waals surface area contributed by atoms with Crippen LogP contribution in [0, 0.1) is 5.92 Å². The van der Waals surface area contributed by atoms with Gasteiger partial charge in [0.25, 0.3) is 0 Å². The highest BCUT2D eigenvalue weighted by Gasteiger charge is 2.59. The molecule has 9 heteroatoms. The Morgan fingerprint density at radius 1 is 1.33 bits per heavy atom. The van der Waals surface area contributed by atoms with Crippen LogP contribution in [0.3, 0.4) is 0 Å². The summed E-state index contributed by atoms with van der Waals surface area (Å²) in [6.45, 7) is 8.94. The Bertz CT molecular complexity index is 657. The first-order chi connectivity index (χ1) is 12.5. The van der Waals surface area contributed by atoms with E-state index in [2.05, 4.69) is 17.2 Å². The lowest BCUT2D eigenvalue weighted by Crippen LogP contribution is -2.55. The maximum atomic E-state index is 12.6. The zero-order chi connectivity index (χ0) is 20.4. The standard InChI is InChI=1S/C18H28N4O5/c1-5-11-9-18(11,15(19)25)21-14(24)12-7-6-8-22(12)13(23)10-20-16(26)27-17(2,3)4/h5,11-12H,1,6-10H2,2-4H3,(H2,19,25)(H,20,26)(H,21,24). The summed E-state index contributed by atoms with van der Waals surface area (Å²) in [7, 11) is 0. The largest absolute Gasteiger partial charge is 0.444 e. The topological polar surface area (TPSA) is 131 Å². The lowest BCUT2D eigenvalue weighted by atomic mass is 10.1. The van der Waals surface area contributed by atoms with Crippen molar-refractivity contribution < 1.29 is 23.9 Å². The van der Waals surface area contributed by atoms with Gasteiger partial charge in [-0.15, -0.1) is 6.58 Å². The third-order valence-corrected chi connectivity index (χ3v) is 4.74. The van der Waals surface area contributed by atoms with Gasteiger partial charge in [0.15, 0.2) is 0 Å². The van der Waals surface area contributed by atoms with Crippen molar-refractivity contribution >= 4 is 23.8 Å². The molecule has 2 fully saturated rings. The highest BCUT2D eigenvalue weighted by molar-refractivity contribution is 5.97. The van der Waals surface area contributed by atoms with E-state index in [0.717, 1.165) is 0 Å². The van der Waals surface area contributed by atoms with Crippen LogP contribution in [0.5, 0.6) is 0 Å². The summed E-state index contributed by atoms with van der Waals surface area (Å²) >= 11 is 0. The van der Waals surface area contributed by atoms with Gasteiger partial charge in [-0.2, -0.15) is 0 Å². The Hall–Kier alpha value is -2.58. The lowest BCUT2D eigenvalue weighted by molar-refractivity contribution is -0.139. The normalized spacial score (nSPS) is 26.9. The summed E-state index contributed by atoms with van der Waals surface area (Å²) in [6.07, 6.45) is 2.45. The van der Waals surface area contributed by atoms with Crippen LogP contribution in [0.1, 0.15) is 40.0 Å². The molecule has 1 aliphatic carbocycles. The summed E-state index contributed by atoms with van der Waals surface area (Å²) in [5, 5.41) is 5.10. The number of nitrogens with one attached hydrogen (secondary N) is 2. The molecule has 0 aromatic carbocycles. The fourth-order valence-corrected chi connectivity index (χ4v) is 3.27. The monoisotopic (exact) mass is 380 g/mol. The van der Waals surface area contributed by atoms with Gasteiger partial charge in [0, 0.05) is 12.5 Å². The van der Waals surface area contributed by atoms with E-state index in [4.69, 9.17) is 10.5 Å². The Kier molecular flexibility index (Phi) is 5.82. The maximum Gasteiger partial charge on any atom is 0.408 e. The molecule has 1 aliphatic heterocycles. The van der Waals surface area contributed by atoms with Crippen LogP contribution in [0.4, 0.5) is 4.79 Å². The van der Waals surface area contributed by atoms with Crippen molar-refractivity contribution in [3.63, 3.8) is 0 Å². The SMILES string of the molecule is C=CC1CC1(NC(=O)C1CCCN1C(=O)CNC(=O)OC(C)(C)C)C(N)=O. The van der Waals surface area contributed by atoms with Crippen molar-refractivity contribution in [1.82, 2.24) is 15.5 Å². The zero-order valence-electron chi connectivity index (χ0n) is 16.0. The smallest absolute Gasteiger partial charge is 0.408 e. The summed E-state index contributed by atoms with van der Waals surface area (Å²) < 4.78 is 5.09. The van der Waals surface area contributed by atoms with E-state index in [1.54, 1.807) is 26.8 Å². The van der Waals surface area contributed by atoms with Crippen molar-refractivity contribution in [2.75, 3.05) is 13.1 Å². The average molecular weight is 380 g/mol. The molecule has 3 atom stereocenters. The van der Waals surface area contributed by atoms with E-state index in [1.807, 2.05) is 0 Å². The highest BCUT2D eigenvalue weighted by atomic mass is 16.6. The quantitative estimate of drug-likeness (QED) is 0.560. The Morgan fingerprint density at radius 2 is 2.00 bits per heavy atom. The van der Waals surface area contributed by atoms with Crippen molar-refractivity contribution in [3.8, 4) is 0 Å². The maximum absolute atomic E-state index is 12.6. The first-order valence-corrected chi connectivity index (χ1v) is 9.01. The Labute approximate surface area is 158 Å². The Morgan fingerprint density at radius 3 is 2.52 bits per heavy atom. The fraction of sp³-hybridized carbons (Fsp3) is 0.667. The molecule has 3 unspecified atom stereocenters. The van der Waals surface area contributed by atoms with Crippen LogP contribution in [-0.2, 0) is 19.1 Å². The summed E-state index contributed by atoms with van der Waals surface area (Å²) in [6, 6.07) is -0.694. The number of rotatable bonds is 6. The van der Waals surface area contributed by atoms with Gasteiger partial charge < -0.3 is 26.0 Å². The zero-order valence-corrected chi connectivity index (χ0v) is 16.0. The summed E-state index contributed by atoms with van der Waals surface area (Å²) in [5.41, 5.74) is 3.65. The van der Waals surface area contributed by atoms with E-state index >= 15 is 0 Å². The third-order valence-electron chi connectivity index (χ3n) is 4.74. The molecule has 0 spiro atoms. The van der Waals surface area contributed by atoms with Gasteiger partial charge >= 0.3 is 6.09 Å². The van der Waals surface area contributed by atoms with Crippen LogP contribution in [-0.4, -0.2) is 59.0 Å². The molecule has 27 heavy (non-hydrogen) atoms. The van der Waals surface area contributed by atoms with Gasteiger partial charge in [-0.05, 0) is 40.0 Å². The van der Waals surface area contributed by atoms with Gasteiger partial charge in [0.1, 0.15) is 23.7 Å². The molecule has 4 N–H and O–H groups in total. The number of alkyl carbamates (subject to hydrolysis) is 1. The second kappa shape index (κ2) is 7.58. The van der Waals surface area contributed by atoms with E-state index in [1.165, 1.54) is 4.90 Å². The molecule has 4 amide bonds. The van der Waals surface area contributed by atoms with Crippen LogP contribution < -0.4 is 16.4 Å². The van der Waals surface area contributed by atoms with Crippen LogP contribution in [0.2, 0.25) is 0 Å². The number of hydrogen-bond donors (Lipinski definition) is 3. The fourth-order valence-electron chi connectivity index (χ4n) is 3.27. The number of likely N-dealkylation sites (tertiary alicyclic amines) is 1. The molecule has 0 aromatic rings. The van der Waals surface area contributed by atoms with Gasteiger partial charge in [-0.1, -0.05) is 6.08 Å². The molecular weight excluding hydrogens is 352 g/mol. The van der Waals surface area contributed by atoms with Gasteiger partial charge in [-0.3, -0.25) is 14.4 Å². The molecule has 150 valence electrons.